The molecule has 1 unspecified atom stereocenters. The zero-order valence-corrected chi connectivity index (χ0v) is 6.84. The summed E-state index contributed by atoms with van der Waals surface area (Å²) >= 11 is 0. The molecule has 0 aromatic heterocycles. The maximum Gasteiger partial charge on any atom is 0.0672 e. The average Bonchev–Trinajstić information content (AvgIpc) is 1.92. The lowest BCUT2D eigenvalue weighted by atomic mass is 9.74. The van der Waals surface area contributed by atoms with Gasteiger partial charge in [0.25, 0.3) is 0 Å². The number of ether oxygens (including phenoxy) is 1. The van der Waals surface area contributed by atoms with Gasteiger partial charge in [0.1, 0.15) is 0 Å². The first-order chi connectivity index (χ1) is 5.20. The van der Waals surface area contributed by atoms with E-state index in [0.717, 1.165) is 26.0 Å². The van der Waals surface area contributed by atoms with Crippen molar-refractivity contribution in [2.24, 2.45) is 0 Å². The lowest BCUT2D eigenvalue weighted by Crippen LogP contribution is -2.65. The Labute approximate surface area is 66.7 Å². The highest BCUT2D eigenvalue weighted by molar-refractivity contribution is 5.03. The van der Waals surface area contributed by atoms with Gasteiger partial charge in [-0.25, -0.2) is 0 Å². The molecule has 1 atom stereocenters. The summed E-state index contributed by atoms with van der Waals surface area (Å²) in [6.45, 7) is 3.76. The Morgan fingerprint density at radius 1 is 1.55 bits per heavy atom. The molecule has 2 N–H and O–H groups in total. The molecule has 0 aromatic carbocycles. The van der Waals surface area contributed by atoms with Crippen LogP contribution in [0.15, 0.2) is 0 Å². The van der Waals surface area contributed by atoms with Crippen LogP contribution in [0.1, 0.15) is 19.8 Å². The number of rotatable bonds is 0. The minimum absolute atomic E-state index is 0.0977. The normalized spacial score (nSPS) is 50.7. The molecule has 2 aliphatic rings. The van der Waals surface area contributed by atoms with Gasteiger partial charge in [-0.15, -0.1) is 0 Å². The first kappa shape index (κ1) is 7.53. The fourth-order valence-electron chi connectivity index (χ4n) is 1.88. The summed E-state index contributed by atoms with van der Waals surface area (Å²) in [4.78, 5) is 0. The van der Waals surface area contributed by atoms with Gasteiger partial charge in [0, 0.05) is 12.1 Å². The Bertz CT molecular complexity index is 144. The predicted octanol–water partition coefficient (Wildman–Crippen LogP) is -0.112. The van der Waals surface area contributed by atoms with E-state index in [1.165, 1.54) is 0 Å². The van der Waals surface area contributed by atoms with E-state index in [1.807, 2.05) is 0 Å². The van der Waals surface area contributed by atoms with Gasteiger partial charge in [0.05, 0.1) is 18.8 Å². The molecule has 1 saturated heterocycles. The van der Waals surface area contributed by atoms with Crippen molar-refractivity contribution in [3.63, 3.8) is 0 Å². The second kappa shape index (κ2) is 2.44. The number of hydrogen-bond acceptors (Lipinski definition) is 3. The third-order valence-electron chi connectivity index (χ3n) is 2.66. The quantitative estimate of drug-likeness (QED) is 0.515. The van der Waals surface area contributed by atoms with Crippen LogP contribution < -0.4 is 5.32 Å². The monoisotopic (exact) mass is 157 g/mol. The number of nitrogens with one attached hydrogen (secondary N) is 1. The van der Waals surface area contributed by atoms with Gasteiger partial charge in [-0.05, 0) is 19.8 Å². The minimum Gasteiger partial charge on any atom is -0.393 e. The molecule has 0 bridgehead atoms. The smallest absolute Gasteiger partial charge is 0.0672 e. The maximum atomic E-state index is 9.14. The average molecular weight is 157 g/mol. The van der Waals surface area contributed by atoms with Crippen molar-refractivity contribution in [3.05, 3.63) is 0 Å². The minimum atomic E-state index is -0.0977. The van der Waals surface area contributed by atoms with E-state index in [0.29, 0.717) is 6.10 Å². The van der Waals surface area contributed by atoms with Crippen LogP contribution in [0.5, 0.6) is 0 Å². The second-order valence-electron chi connectivity index (χ2n) is 3.84. The maximum absolute atomic E-state index is 9.14. The fraction of sp³-hybridized carbons (Fsp3) is 1.00. The van der Waals surface area contributed by atoms with E-state index < -0.39 is 0 Å². The molecule has 0 aromatic rings. The number of morpholine rings is 1. The van der Waals surface area contributed by atoms with Crippen LogP contribution in [0.2, 0.25) is 0 Å². The van der Waals surface area contributed by atoms with Crippen molar-refractivity contribution in [3.8, 4) is 0 Å². The lowest BCUT2D eigenvalue weighted by molar-refractivity contribution is -0.0977. The van der Waals surface area contributed by atoms with Crippen LogP contribution in [-0.2, 0) is 4.74 Å². The van der Waals surface area contributed by atoms with Crippen molar-refractivity contribution in [1.82, 2.24) is 5.32 Å². The number of aliphatic hydroxyl groups excluding tert-OH is 1. The van der Waals surface area contributed by atoms with Gasteiger partial charge >= 0.3 is 0 Å². The molecule has 1 aliphatic carbocycles. The molecule has 11 heavy (non-hydrogen) atoms. The van der Waals surface area contributed by atoms with E-state index in [-0.39, 0.29) is 11.6 Å². The molecule has 1 spiro atoms. The van der Waals surface area contributed by atoms with Crippen molar-refractivity contribution in [2.75, 3.05) is 13.2 Å². The lowest BCUT2D eigenvalue weighted by Gasteiger charge is -2.49. The Morgan fingerprint density at radius 3 is 2.73 bits per heavy atom. The number of aliphatic hydroxyl groups is 1. The summed E-state index contributed by atoms with van der Waals surface area (Å²) in [5.41, 5.74) is 0.131. The summed E-state index contributed by atoms with van der Waals surface area (Å²) in [6.07, 6.45) is 1.96. The third-order valence-corrected chi connectivity index (χ3v) is 2.66. The Hall–Kier alpha value is -0.120. The SMILES string of the molecule is CC1CNC2(CO1)CC(O)C2. The summed E-state index contributed by atoms with van der Waals surface area (Å²) in [5.74, 6) is 0. The van der Waals surface area contributed by atoms with Gasteiger partial charge in [0.2, 0.25) is 0 Å². The highest BCUT2D eigenvalue weighted by Gasteiger charge is 2.45. The van der Waals surface area contributed by atoms with Gasteiger partial charge in [-0.3, -0.25) is 0 Å². The number of hydrogen-bond donors (Lipinski definition) is 2. The highest BCUT2D eigenvalue weighted by atomic mass is 16.5. The van der Waals surface area contributed by atoms with Crippen LogP contribution in [0, 0.1) is 0 Å². The largest absolute Gasteiger partial charge is 0.393 e. The molecule has 3 nitrogen and oxygen atoms in total. The van der Waals surface area contributed by atoms with Crippen molar-refractivity contribution in [1.29, 1.82) is 0 Å². The van der Waals surface area contributed by atoms with Gasteiger partial charge in [-0.2, -0.15) is 0 Å². The van der Waals surface area contributed by atoms with Crippen molar-refractivity contribution in [2.45, 2.75) is 37.5 Å². The molecular weight excluding hydrogens is 142 g/mol. The van der Waals surface area contributed by atoms with E-state index >= 15 is 0 Å². The standard InChI is InChI=1S/C8H15NO2/c1-6-4-9-8(5-11-6)2-7(10)3-8/h6-7,9-10H,2-5H2,1H3. The van der Waals surface area contributed by atoms with Crippen LogP contribution in [-0.4, -0.2) is 36.0 Å². The summed E-state index contributed by atoms with van der Waals surface area (Å²) in [7, 11) is 0. The van der Waals surface area contributed by atoms with Crippen molar-refractivity contribution >= 4 is 0 Å². The van der Waals surface area contributed by atoms with Crippen molar-refractivity contribution < 1.29 is 9.84 Å². The zero-order valence-electron chi connectivity index (χ0n) is 6.84. The summed E-state index contributed by atoms with van der Waals surface area (Å²) < 4.78 is 5.51. The first-order valence-corrected chi connectivity index (χ1v) is 4.25. The summed E-state index contributed by atoms with van der Waals surface area (Å²) in [6, 6.07) is 0. The fourth-order valence-corrected chi connectivity index (χ4v) is 1.88. The van der Waals surface area contributed by atoms with Gasteiger partial charge in [0.15, 0.2) is 0 Å². The van der Waals surface area contributed by atoms with Crippen LogP contribution in [0.25, 0.3) is 0 Å². The first-order valence-electron chi connectivity index (χ1n) is 4.25. The van der Waals surface area contributed by atoms with Crippen LogP contribution in [0.3, 0.4) is 0 Å². The van der Waals surface area contributed by atoms with Crippen LogP contribution >= 0.6 is 0 Å². The Morgan fingerprint density at radius 2 is 2.27 bits per heavy atom. The zero-order chi connectivity index (χ0) is 7.90. The van der Waals surface area contributed by atoms with Crippen LogP contribution in [0.4, 0.5) is 0 Å². The molecule has 64 valence electrons. The van der Waals surface area contributed by atoms with E-state index in [4.69, 9.17) is 9.84 Å². The molecule has 1 saturated carbocycles. The second-order valence-corrected chi connectivity index (χ2v) is 3.84. The molecule has 2 fully saturated rings. The molecule has 1 heterocycles. The van der Waals surface area contributed by atoms with Gasteiger partial charge in [-0.1, -0.05) is 0 Å². The Balaban J connectivity index is 1.88. The topological polar surface area (TPSA) is 41.5 Å². The van der Waals surface area contributed by atoms with Gasteiger partial charge < -0.3 is 15.2 Å². The van der Waals surface area contributed by atoms with E-state index in [9.17, 15) is 0 Å². The molecule has 2 rings (SSSR count). The molecular formula is C8H15NO2. The molecule has 1 aliphatic heterocycles. The predicted molar refractivity (Wildman–Crippen MR) is 41.4 cm³/mol. The molecule has 0 radical (unpaired) electrons. The third kappa shape index (κ3) is 1.28. The van der Waals surface area contributed by atoms with E-state index in [2.05, 4.69) is 12.2 Å². The summed E-state index contributed by atoms with van der Waals surface area (Å²) in [5, 5.41) is 12.6. The molecule has 3 heteroatoms. The Kier molecular flexibility index (Phi) is 1.67. The van der Waals surface area contributed by atoms with E-state index in [1.54, 1.807) is 0 Å². The highest BCUT2D eigenvalue weighted by Crippen LogP contribution is 2.34. The molecule has 0 amide bonds.